The normalized spacial score (nSPS) is 13.4. The molecule has 7 nitrogen and oxygen atoms in total. The van der Waals surface area contributed by atoms with Gasteiger partial charge in [-0.3, -0.25) is 14.3 Å². The number of carbonyl (C=O) groups is 2. The maximum Gasteiger partial charge on any atom is 0.257 e. The number of rotatable bonds is 8. The predicted molar refractivity (Wildman–Crippen MR) is 114 cm³/mol. The van der Waals surface area contributed by atoms with Gasteiger partial charge in [0.25, 0.3) is 5.91 Å². The number of nitrogens with one attached hydrogen (secondary N) is 3. The van der Waals surface area contributed by atoms with Gasteiger partial charge in [0.2, 0.25) is 15.9 Å². The molecule has 3 N–H and O–H groups in total. The minimum absolute atomic E-state index is 0.338. The lowest BCUT2D eigenvalue weighted by molar-refractivity contribution is -0.124. The zero-order chi connectivity index (χ0) is 23.3. The van der Waals surface area contributed by atoms with E-state index < -0.39 is 51.1 Å². The van der Waals surface area contributed by atoms with Gasteiger partial charge in [-0.05, 0) is 42.7 Å². The lowest BCUT2D eigenvalue weighted by Crippen LogP contribution is -2.50. The van der Waals surface area contributed by atoms with Crippen LogP contribution in [0.2, 0.25) is 0 Å². The number of carbonyl (C=O) groups excluding carboxylic acids is 2. The SMILES string of the molecule is CC(NC(=O)[C@@H](NC(=O)c1c(F)cccc1F)C(C)C)c1cccc(NS(C)(=O)=O)c1. The van der Waals surface area contributed by atoms with Crippen molar-refractivity contribution in [1.82, 2.24) is 10.6 Å². The van der Waals surface area contributed by atoms with Crippen molar-refractivity contribution in [2.75, 3.05) is 11.0 Å². The molecule has 2 rings (SSSR count). The molecule has 0 fully saturated rings. The summed E-state index contributed by atoms with van der Waals surface area (Å²) in [5.74, 6) is -4.00. The Morgan fingerprint density at radius 2 is 1.52 bits per heavy atom. The van der Waals surface area contributed by atoms with Crippen LogP contribution < -0.4 is 15.4 Å². The second kappa shape index (κ2) is 9.86. The average molecular weight is 454 g/mol. The molecule has 0 saturated carbocycles. The Kier molecular flexibility index (Phi) is 7.72. The monoisotopic (exact) mass is 453 g/mol. The van der Waals surface area contributed by atoms with Crippen molar-refractivity contribution in [1.29, 1.82) is 0 Å². The minimum Gasteiger partial charge on any atom is -0.348 e. The summed E-state index contributed by atoms with van der Waals surface area (Å²) in [5, 5.41) is 5.13. The van der Waals surface area contributed by atoms with E-state index in [1.54, 1.807) is 45.0 Å². The molecule has 10 heteroatoms. The molecule has 0 aliphatic heterocycles. The van der Waals surface area contributed by atoms with Gasteiger partial charge in [-0.1, -0.05) is 32.0 Å². The molecular weight excluding hydrogens is 428 g/mol. The molecule has 0 heterocycles. The molecule has 1 unspecified atom stereocenters. The van der Waals surface area contributed by atoms with E-state index in [1.807, 2.05) is 0 Å². The Balaban J connectivity index is 2.15. The average Bonchev–Trinajstić information content (AvgIpc) is 2.64. The Hall–Kier alpha value is -3.01. The first-order valence-corrected chi connectivity index (χ1v) is 11.4. The van der Waals surface area contributed by atoms with E-state index in [9.17, 15) is 26.8 Å². The highest BCUT2D eigenvalue weighted by atomic mass is 32.2. The molecule has 2 aromatic rings. The first kappa shape index (κ1) is 24.3. The maximum atomic E-state index is 13.9. The highest BCUT2D eigenvalue weighted by Crippen LogP contribution is 2.19. The van der Waals surface area contributed by atoms with Gasteiger partial charge in [0.05, 0.1) is 12.3 Å². The third-order valence-electron chi connectivity index (χ3n) is 4.47. The van der Waals surface area contributed by atoms with E-state index in [-0.39, 0.29) is 5.92 Å². The van der Waals surface area contributed by atoms with E-state index in [4.69, 9.17) is 0 Å². The zero-order valence-electron chi connectivity index (χ0n) is 17.6. The highest BCUT2D eigenvalue weighted by Gasteiger charge is 2.28. The molecule has 31 heavy (non-hydrogen) atoms. The van der Waals surface area contributed by atoms with Crippen molar-refractivity contribution < 1.29 is 26.8 Å². The van der Waals surface area contributed by atoms with E-state index in [0.29, 0.717) is 11.3 Å². The molecule has 0 spiro atoms. The molecular formula is C21H25F2N3O4S. The van der Waals surface area contributed by atoms with E-state index in [0.717, 1.165) is 24.5 Å². The van der Waals surface area contributed by atoms with Crippen LogP contribution >= 0.6 is 0 Å². The molecule has 2 amide bonds. The van der Waals surface area contributed by atoms with Gasteiger partial charge < -0.3 is 10.6 Å². The second-order valence-corrected chi connectivity index (χ2v) is 9.27. The van der Waals surface area contributed by atoms with Crippen molar-refractivity contribution in [3.8, 4) is 0 Å². The van der Waals surface area contributed by atoms with Gasteiger partial charge in [-0.2, -0.15) is 0 Å². The van der Waals surface area contributed by atoms with Crippen molar-refractivity contribution in [2.24, 2.45) is 5.92 Å². The standard InChI is InChI=1S/C21H25F2N3O4S/c1-12(2)19(25-20(27)18-16(22)9-6-10-17(18)23)21(28)24-13(3)14-7-5-8-15(11-14)26-31(4,29)30/h5-13,19,26H,1-4H3,(H,24,28)(H,25,27)/t13?,19-/m0/s1. The smallest absolute Gasteiger partial charge is 0.257 e. The largest absolute Gasteiger partial charge is 0.348 e. The number of hydrogen-bond acceptors (Lipinski definition) is 4. The van der Waals surface area contributed by atoms with E-state index in [1.165, 1.54) is 0 Å². The zero-order valence-corrected chi connectivity index (χ0v) is 18.4. The lowest BCUT2D eigenvalue weighted by atomic mass is 10.0. The van der Waals surface area contributed by atoms with Gasteiger partial charge in [-0.15, -0.1) is 0 Å². The molecule has 0 radical (unpaired) electrons. The van der Waals surface area contributed by atoms with Crippen LogP contribution in [0.4, 0.5) is 14.5 Å². The van der Waals surface area contributed by atoms with Gasteiger partial charge >= 0.3 is 0 Å². The highest BCUT2D eigenvalue weighted by molar-refractivity contribution is 7.92. The summed E-state index contributed by atoms with van der Waals surface area (Å²) >= 11 is 0. The number of amides is 2. The number of anilines is 1. The number of hydrogen-bond donors (Lipinski definition) is 3. The third-order valence-corrected chi connectivity index (χ3v) is 5.08. The molecule has 2 atom stereocenters. The fourth-order valence-electron chi connectivity index (χ4n) is 2.94. The van der Waals surface area contributed by atoms with Crippen LogP contribution in [0.5, 0.6) is 0 Å². The first-order valence-electron chi connectivity index (χ1n) is 9.52. The van der Waals surface area contributed by atoms with Crippen molar-refractivity contribution in [2.45, 2.75) is 32.9 Å². The van der Waals surface area contributed by atoms with Crippen molar-refractivity contribution in [3.63, 3.8) is 0 Å². The summed E-state index contributed by atoms with van der Waals surface area (Å²) in [6.45, 7) is 5.06. The number of halogens is 2. The summed E-state index contributed by atoms with van der Waals surface area (Å²) in [4.78, 5) is 25.2. The van der Waals surface area contributed by atoms with Crippen molar-refractivity contribution >= 4 is 27.5 Å². The van der Waals surface area contributed by atoms with Gasteiger partial charge in [0.1, 0.15) is 23.2 Å². The Morgan fingerprint density at radius 3 is 2.06 bits per heavy atom. The maximum absolute atomic E-state index is 13.9. The minimum atomic E-state index is -3.46. The van der Waals surface area contributed by atoms with Gasteiger partial charge in [0, 0.05) is 5.69 Å². The van der Waals surface area contributed by atoms with Crippen LogP contribution in [-0.2, 0) is 14.8 Å². The molecule has 0 aliphatic rings. The summed E-state index contributed by atoms with van der Waals surface area (Å²) in [6, 6.07) is 7.96. The summed E-state index contributed by atoms with van der Waals surface area (Å²) in [7, 11) is -3.46. The van der Waals surface area contributed by atoms with E-state index >= 15 is 0 Å². The van der Waals surface area contributed by atoms with Crippen LogP contribution in [0.3, 0.4) is 0 Å². The number of benzene rings is 2. The topological polar surface area (TPSA) is 104 Å². The Labute approximate surface area is 180 Å². The summed E-state index contributed by atoms with van der Waals surface area (Å²) in [6.07, 6.45) is 1.03. The van der Waals surface area contributed by atoms with E-state index in [2.05, 4.69) is 15.4 Å². The van der Waals surface area contributed by atoms with Gasteiger partial charge in [0.15, 0.2) is 0 Å². The van der Waals surface area contributed by atoms with Crippen LogP contribution in [0.1, 0.15) is 42.7 Å². The molecule has 0 aromatic heterocycles. The van der Waals surface area contributed by atoms with Crippen molar-refractivity contribution in [3.05, 3.63) is 65.2 Å². The first-order chi connectivity index (χ1) is 14.4. The van der Waals surface area contributed by atoms with Crippen LogP contribution in [-0.4, -0.2) is 32.5 Å². The molecule has 168 valence electrons. The number of sulfonamides is 1. The lowest BCUT2D eigenvalue weighted by Gasteiger charge is -2.24. The third kappa shape index (κ3) is 6.74. The fraction of sp³-hybridized carbons (Fsp3) is 0.333. The van der Waals surface area contributed by atoms with Crippen LogP contribution in [0.15, 0.2) is 42.5 Å². The van der Waals surface area contributed by atoms with Crippen LogP contribution in [0.25, 0.3) is 0 Å². The Bertz CT molecular complexity index is 1050. The molecule has 2 aromatic carbocycles. The summed E-state index contributed by atoms with van der Waals surface area (Å²) < 4.78 is 53.0. The Morgan fingerprint density at radius 1 is 0.935 bits per heavy atom. The van der Waals surface area contributed by atoms with Crippen LogP contribution in [0, 0.1) is 17.6 Å². The van der Waals surface area contributed by atoms with Gasteiger partial charge in [-0.25, -0.2) is 17.2 Å². The predicted octanol–water partition coefficient (Wildman–Crippen LogP) is 2.97. The summed E-state index contributed by atoms with van der Waals surface area (Å²) in [5.41, 5.74) is 0.203. The second-order valence-electron chi connectivity index (χ2n) is 7.52. The molecule has 0 saturated heterocycles. The quantitative estimate of drug-likeness (QED) is 0.572. The molecule has 0 bridgehead atoms. The fourth-order valence-corrected chi connectivity index (χ4v) is 3.49. The molecule has 0 aliphatic carbocycles.